The molecule has 2 fully saturated rings. The summed E-state index contributed by atoms with van der Waals surface area (Å²) in [6, 6.07) is 0. The fourth-order valence-corrected chi connectivity index (χ4v) is 4.68. The van der Waals surface area contributed by atoms with Gasteiger partial charge in [0.05, 0.1) is 11.8 Å². The lowest BCUT2D eigenvalue weighted by Crippen LogP contribution is -2.44. The topological polar surface area (TPSA) is 72.5 Å². The molecule has 5 nitrogen and oxygen atoms in total. The number of hydrogen-bond donors (Lipinski definition) is 1. The normalized spacial score (nSPS) is 28.5. The quantitative estimate of drug-likeness (QED) is 0.602. The number of ether oxygens (including phenoxy) is 1. The smallest absolute Gasteiger partial charge is 0.309 e. The zero-order chi connectivity index (χ0) is 18.7. The number of hydrogen-bond acceptors (Lipinski definition) is 5. The number of rotatable bonds is 5. The van der Waals surface area contributed by atoms with E-state index in [1.807, 2.05) is 13.8 Å². The third kappa shape index (κ3) is 4.43. The van der Waals surface area contributed by atoms with Gasteiger partial charge in [-0.2, -0.15) is 0 Å². The average Bonchev–Trinajstić information content (AvgIpc) is 2.95. The molecular weight excluding hydrogens is 330 g/mol. The molecule has 3 aliphatic rings. The molecule has 0 spiro atoms. The van der Waals surface area contributed by atoms with Crippen molar-refractivity contribution < 1.29 is 19.1 Å². The van der Waals surface area contributed by atoms with Crippen molar-refractivity contribution in [3.8, 4) is 0 Å². The van der Waals surface area contributed by atoms with Gasteiger partial charge >= 0.3 is 5.97 Å². The monoisotopic (exact) mass is 361 g/mol. The van der Waals surface area contributed by atoms with Crippen molar-refractivity contribution in [2.45, 2.75) is 64.4 Å². The van der Waals surface area contributed by atoms with Crippen molar-refractivity contribution in [1.29, 1.82) is 0 Å². The lowest BCUT2D eigenvalue weighted by Gasteiger charge is -2.38. The van der Waals surface area contributed by atoms with Crippen molar-refractivity contribution in [1.82, 2.24) is 5.32 Å². The van der Waals surface area contributed by atoms with Crippen LogP contribution in [0.25, 0.3) is 0 Å². The highest BCUT2D eigenvalue weighted by molar-refractivity contribution is 6.18. The molecule has 0 unspecified atom stereocenters. The van der Waals surface area contributed by atoms with E-state index in [2.05, 4.69) is 5.32 Å². The summed E-state index contributed by atoms with van der Waals surface area (Å²) < 4.78 is 5.93. The fourth-order valence-electron chi connectivity index (χ4n) is 4.68. The Balaban J connectivity index is 1.46. The van der Waals surface area contributed by atoms with Gasteiger partial charge in [0.25, 0.3) is 0 Å². The predicted molar refractivity (Wildman–Crippen MR) is 98.5 cm³/mol. The molecule has 0 bridgehead atoms. The van der Waals surface area contributed by atoms with Gasteiger partial charge in [-0.3, -0.25) is 14.4 Å². The molecule has 26 heavy (non-hydrogen) atoms. The van der Waals surface area contributed by atoms with Gasteiger partial charge in [0, 0.05) is 5.92 Å². The molecule has 0 atom stereocenters. The first-order chi connectivity index (χ1) is 12.4. The maximum atomic E-state index is 12.7. The van der Waals surface area contributed by atoms with Crippen molar-refractivity contribution in [3.05, 3.63) is 12.2 Å². The minimum atomic E-state index is -0.470. The number of ketones is 2. The molecule has 1 saturated carbocycles. The molecule has 0 aromatic rings. The summed E-state index contributed by atoms with van der Waals surface area (Å²) in [4.78, 5) is 36.2. The molecular formula is C21H31NO4. The summed E-state index contributed by atoms with van der Waals surface area (Å²) in [5.74, 6) is 0.0788. The molecule has 0 aromatic carbocycles. The summed E-state index contributed by atoms with van der Waals surface area (Å²) in [6.45, 7) is 6.06. The maximum Gasteiger partial charge on any atom is 0.309 e. The molecule has 5 heteroatoms. The predicted octanol–water partition coefficient (Wildman–Crippen LogP) is 2.83. The number of nitrogens with one attached hydrogen (secondary N) is 1. The minimum Gasteiger partial charge on any atom is -0.459 e. The van der Waals surface area contributed by atoms with Gasteiger partial charge in [0.15, 0.2) is 11.6 Å². The van der Waals surface area contributed by atoms with Crippen LogP contribution in [0.5, 0.6) is 0 Å². The highest BCUT2D eigenvalue weighted by Gasteiger charge is 2.38. The Morgan fingerprint density at radius 2 is 1.62 bits per heavy atom. The SMILES string of the molecule is CC(C)(OC(=O)C1CCC(CC2C(=O)C=CC2=O)CC1)C1CCNCC1. The Morgan fingerprint density at radius 3 is 2.19 bits per heavy atom. The molecule has 0 radical (unpaired) electrons. The highest BCUT2D eigenvalue weighted by Crippen LogP contribution is 2.36. The number of piperidine rings is 1. The van der Waals surface area contributed by atoms with Crippen molar-refractivity contribution >= 4 is 17.5 Å². The Hall–Kier alpha value is -1.49. The largest absolute Gasteiger partial charge is 0.459 e. The number of carbonyl (C=O) groups is 3. The van der Waals surface area contributed by atoms with E-state index in [0.29, 0.717) is 18.3 Å². The van der Waals surface area contributed by atoms with Gasteiger partial charge in [-0.05, 0) is 90.0 Å². The summed E-state index contributed by atoms with van der Waals surface area (Å²) in [5, 5.41) is 3.35. The summed E-state index contributed by atoms with van der Waals surface area (Å²) >= 11 is 0. The molecule has 144 valence electrons. The van der Waals surface area contributed by atoms with Gasteiger partial charge in [-0.25, -0.2) is 0 Å². The van der Waals surface area contributed by atoms with E-state index < -0.39 is 11.5 Å². The van der Waals surface area contributed by atoms with Crippen LogP contribution in [0.1, 0.15) is 58.8 Å². The molecule has 1 aliphatic heterocycles. The van der Waals surface area contributed by atoms with Gasteiger partial charge in [-0.1, -0.05) is 0 Å². The van der Waals surface area contributed by atoms with E-state index in [4.69, 9.17) is 4.74 Å². The lowest BCUT2D eigenvalue weighted by molar-refractivity contribution is -0.169. The Kier molecular flexibility index (Phi) is 5.96. The van der Waals surface area contributed by atoms with E-state index in [9.17, 15) is 14.4 Å². The van der Waals surface area contributed by atoms with E-state index in [-0.39, 0.29) is 23.5 Å². The van der Waals surface area contributed by atoms with Gasteiger partial charge < -0.3 is 10.1 Å². The Labute approximate surface area is 155 Å². The van der Waals surface area contributed by atoms with Crippen LogP contribution in [-0.4, -0.2) is 36.2 Å². The standard InChI is InChI=1S/C21H31NO4/c1-21(2,16-9-11-22-12-10-16)26-20(25)15-5-3-14(4-6-15)13-17-18(23)7-8-19(17)24/h7-8,14-17,22H,3-6,9-13H2,1-2H3. The average molecular weight is 361 g/mol. The van der Waals surface area contributed by atoms with Gasteiger partial charge in [0.1, 0.15) is 5.60 Å². The first-order valence-electron chi connectivity index (χ1n) is 10.1. The van der Waals surface area contributed by atoms with E-state index in [1.54, 1.807) is 0 Å². The zero-order valence-electron chi connectivity index (χ0n) is 16.0. The zero-order valence-corrected chi connectivity index (χ0v) is 16.0. The van der Waals surface area contributed by atoms with Crippen molar-refractivity contribution in [2.24, 2.45) is 23.7 Å². The van der Waals surface area contributed by atoms with Crippen LogP contribution >= 0.6 is 0 Å². The summed E-state index contributed by atoms with van der Waals surface area (Å²) in [7, 11) is 0. The van der Waals surface area contributed by atoms with Crippen LogP contribution in [0.2, 0.25) is 0 Å². The van der Waals surface area contributed by atoms with Crippen LogP contribution in [0.3, 0.4) is 0 Å². The first kappa shape index (κ1) is 19.3. The number of carbonyl (C=O) groups excluding carboxylic acids is 3. The van der Waals surface area contributed by atoms with Crippen molar-refractivity contribution in [3.63, 3.8) is 0 Å². The molecule has 1 saturated heterocycles. The maximum absolute atomic E-state index is 12.7. The fraction of sp³-hybridized carbons (Fsp3) is 0.762. The Morgan fingerprint density at radius 1 is 1.04 bits per heavy atom. The summed E-state index contributed by atoms with van der Waals surface area (Å²) in [5.41, 5.74) is -0.412. The highest BCUT2D eigenvalue weighted by atomic mass is 16.6. The first-order valence-corrected chi connectivity index (χ1v) is 10.1. The molecule has 1 N–H and O–H groups in total. The van der Waals surface area contributed by atoms with Crippen LogP contribution in [0.4, 0.5) is 0 Å². The second-order valence-corrected chi connectivity index (χ2v) is 8.69. The van der Waals surface area contributed by atoms with E-state index in [1.165, 1.54) is 12.2 Å². The van der Waals surface area contributed by atoms with Crippen LogP contribution < -0.4 is 5.32 Å². The van der Waals surface area contributed by atoms with Crippen LogP contribution in [0.15, 0.2) is 12.2 Å². The van der Waals surface area contributed by atoms with E-state index in [0.717, 1.165) is 51.6 Å². The molecule has 2 aliphatic carbocycles. The summed E-state index contributed by atoms with van der Waals surface area (Å²) in [6.07, 6.45) is 8.91. The molecule has 1 heterocycles. The number of allylic oxidation sites excluding steroid dienone is 2. The lowest BCUT2D eigenvalue weighted by atomic mass is 9.77. The van der Waals surface area contributed by atoms with Crippen LogP contribution in [-0.2, 0) is 19.1 Å². The Bertz CT molecular complexity index is 563. The molecule has 0 aromatic heterocycles. The second-order valence-electron chi connectivity index (χ2n) is 8.69. The van der Waals surface area contributed by atoms with E-state index >= 15 is 0 Å². The molecule has 3 rings (SSSR count). The third-order valence-electron chi connectivity index (χ3n) is 6.53. The van der Waals surface area contributed by atoms with Crippen LogP contribution in [0, 0.1) is 23.7 Å². The number of esters is 1. The van der Waals surface area contributed by atoms with Gasteiger partial charge in [0.2, 0.25) is 0 Å². The minimum absolute atomic E-state index is 0.0413. The van der Waals surface area contributed by atoms with Crippen molar-refractivity contribution in [2.75, 3.05) is 13.1 Å². The third-order valence-corrected chi connectivity index (χ3v) is 6.53. The van der Waals surface area contributed by atoms with Gasteiger partial charge in [-0.15, -0.1) is 0 Å². The molecule has 0 amide bonds. The second kappa shape index (κ2) is 8.03.